The van der Waals surface area contributed by atoms with Crippen LogP contribution in [0.25, 0.3) is 5.65 Å². The minimum atomic E-state index is -0.365. The Morgan fingerprint density at radius 1 is 1.03 bits per heavy atom. The number of pyridine rings is 1. The third-order valence-corrected chi connectivity index (χ3v) is 5.35. The van der Waals surface area contributed by atoms with Crippen LogP contribution in [0.3, 0.4) is 0 Å². The minimum absolute atomic E-state index is 0.00183. The van der Waals surface area contributed by atoms with Crippen molar-refractivity contribution in [3.63, 3.8) is 0 Å². The van der Waals surface area contributed by atoms with E-state index in [4.69, 9.17) is 0 Å². The Morgan fingerprint density at radius 3 is 2.52 bits per heavy atom. The second-order valence-electron chi connectivity index (χ2n) is 7.26. The highest BCUT2D eigenvalue weighted by molar-refractivity contribution is 5.96. The summed E-state index contributed by atoms with van der Waals surface area (Å²) in [6, 6.07) is 12.7. The number of rotatable bonds is 3. The largest absolute Gasteiger partial charge is 0.349 e. The van der Waals surface area contributed by atoms with E-state index in [2.05, 4.69) is 10.3 Å². The van der Waals surface area contributed by atoms with Gasteiger partial charge in [-0.05, 0) is 43.5 Å². The van der Waals surface area contributed by atoms with Gasteiger partial charge < -0.3 is 10.2 Å². The van der Waals surface area contributed by atoms with E-state index in [1.54, 1.807) is 29.3 Å². The van der Waals surface area contributed by atoms with Crippen LogP contribution in [0.4, 0.5) is 0 Å². The summed E-state index contributed by atoms with van der Waals surface area (Å²) < 4.78 is 1.38. The number of benzene rings is 1. The molecule has 148 valence electrons. The van der Waals surface area contributed by atoms with Gasteiger partial charge in [0.25, 0.3) is 17.4 Å². The topological polar surface area (TPSA) is 83.8 Å². The first-order chi connectivity index (χ1) is 14.0. The molecular formula is C22H22N4O3. The molecule has 0 atom stereocenters. The van der Waals surface area contributed by atoms with Crippen molar-refractivity contribution in [1.82, 2.24) is 19.6 Å². The van der Waals surface area contributed by atoms with Crippen LogP contribution in [-0.4, -0.2) is 45.2 Å². The fourth-order valence-corrected chi connectivity index (χ4v) is 3.66. The normalized spacial score (nSPS) is 14.7. The van der Waals surface area contributed by atoms with Crippen molar-refractivity contribution in [2.45, 2.75) is 25.8 Å². The van der Waals surface area contributed by atoms with Crippen LogP contribution in [0.2, 0.25) is 0 Å². The number of piperidine rings is 1. The van der Waals surface area contributed by atoms with Crippen molar-refractivity contribution in [2.24, 2.45) is 0 Å². The van der Waals surface area contributed by atoms with Gasteiger partial charge in [-0.25, -0.2) is 4.98 Å². The van der Waals surface area contributed by atoms with Crippen molar-refractivity contribution >= 4 is 17.5 Å². The van der Waals surface area contributed by atoms with Gasteiger partial charge in [0, 0.05) is 37.1 Å². The maximum absolute atomic E-state index is 12.8. The first-order valence-corrected chi connectivity index (χ1v) is 9.67. The van der Waals surface area contributed by atoms with E-state index in [0.717, 1.165) is 5.56 Å². The molecule has 7 nitrogen and oxygen atoms in total. The van der Waals surface area contributed by atoms with Gasteiger partial charge in [0.1, 0.15) is 11.2 Å². The lowest BCUT2D eigenvalue weighted by Crippen LogP contribution is -2.47. The van der Waals surface area contributed by atoms with Gasteiger partial charge in [-0.15, -0.1) is 0 Å². The molecule has 1 aliphatic rings. The first-order valence-electron chi connectivity index (χ1n) is 9.67. The van der Waals surface area contributed by atoms with Gasteiger partial charge in [-0.3, -0.25) is 18.8 Å². The average molecular weight is 390 g/mol. The fourth-order valence-electron chi connectivity index (χ4n) is 3.66. The number of aryl methyl sites for hydroxylation is 1. The van der Waals surface area contributed by atoms with E-state index < -0.39 is 0 Å². The van der Waals surface area contributed by atoms with Crippen molar-refractivity contribution in [1.29, 1.82) is 0 Å². The summed E-state index contributed by atoms with van der Waals surface area (Å²) in [5, 5.41) is 3.06. The van der Waals surface area contributed by atoms with Gasteiger partial charge in [0.15, 0.2) is 0 Å². The van der Waals surface area contributed by atoms with E-state index in [1.807, 2.05) is 31.2 Å². The first kappa shape index (κ1) is 18.9. The molecule has 0 spiro atoms. The number of amides is 2. The third-order valence-electron chi connectivity index (χ3n) is 5.35. The lowest BCUT2D eigenvalue weighted by atomic mass is 10.0. The molecule has 2 aromatic heterocycles. The molecule has 4 rings (SSSR count). The Balaban J connectivity index is 1.41. The van der Waals surface area contributed by atoms with Gasteiger partial charge in [-0.2, -0.15) is 0 Å². The summed E-state index contributed by atoms with van der Waals surface area (Å²) in [6.07, 6.45) is 4.25. The van der Waals surface area contributed by atoms with Crippen LogP contribution in [-0.2, 0) is 0 Å². The number of fused-ring (bicyclic) bond motifs is 1. The fraction of sp³-hybridized carbons (Fsp3) is 0.273. The Morgan fingerprint density at radius 2 is 1.76 bits per heavy atom. The molecule has 3 heterocycles. The van der Waals surface area contributed by atoms with Gasteiger partial charge in [0.2, 0.25) is 0 Å². The van der Waals surface area contributed by atoms with Crippen molar-refractivity contribution in [3.05, 3.63) is 81.9 Å². The van der Waals surface area contributed by atoms with Gasteiger partial charge in [0.05, 0.1) is 0 Å². The molecule has 1 aromatic carbocycles. The number of aromatic nitrogens is 2. The predicted molar refractivity (Wildman–Crippen MR) is 109 cm³/mol. The molecule has 7 heteroatoms. The zero-order valence-corrected chi connectivity index (χ0v) is 16.2. The molecule has 2 amide bonds. The summed E-state index contributed by atoms with van der Waals surface area (Å²) >= 11 is 0. The zero-order valence-electron chi connectivity index (χ0n) is 16.2. The number of carbonyl (C=O) groups is 2. The summed E-state index contributed by atoms with van der Waals surface area (Å²) in [6.45, 7) is 2.87. The van der Waals surface area contributed by atoms with Crippen LogP contribution in [0.15, 0.2) is 59.7 Å². The molecule has 0 unspecified atom stereocenters. The number of carbonyl (C=O) groups excluding carboxylic acids is 2. The Bertz CT molecular complexity index is 1130. The standard InChI is InChI=1S/C22H22N4O3/c1-15-6-2-3-7-17(15)20(27)24-16-9-12-25(13-10-16)21(28)18-14-23-19-8-4-5-11-26(19)22(18)29/h2-8,11,14,16H,9-10,12-13H2,1H3,(H,24,27). The van der Waals surface area contributed by atoms with Crippen molar-refractivity contribution in [2.75, 3.05) is 13.1 Å². The minimum Gasteiger partial charge on any atom is -0.349 e. The molecule has 0 saturated carbocycles. The number of hydrogen-bond donors (Lipinski definition) is 1. The van der Waals surface area contributed by atoms with Crippen LogP contribution in [0, 0.1) is 6.92 Å². The Labute approximate surface area is 168 Å². The second-order valence-corrected chi connectivity index (χ2v) is 7.26. The molecule has 0 radical (unpaired) electrons. The predicted octanol–water partition coefficient (Wildman–Crippen LogP) is 2.04. The molecule has 29 heavy (non-hydrogen) atoms. The molecule has 0 aliphatic carbocycles. The maximum Gasteiger partial charge on any atom is 0.270 e. The zero-order chi connectivity index (χ0) is 20.4. The van der Waals surface area contributed by atoms with E-state index >= 15 is 0 Å². The highest BCUT2D eigenvalue weighted by atomic mass is 16.2. The highest BCUT2D eigenvalue weighted by Gasteiger charge is 2.27. The Kier molecular flexibility index (Phi) is 5.12. The third kappa shape index (κ3) is 3.76. The SMILES string of the molecule is Cc1ccccc1C(=O)NC1CCN(C(=O)c2cnc3ccccn3c2=O)CC1. The van der Waals surface area contributed by atoms with Gasteiger partial charge >= 0.3 is 0 Å². The number of nitrogens with zero attached hydrogens (tertiary/aromatic N) is 3. The Hall–Kier alpha value is -3.48. The average Bonchev–Trinajstić information content (AvgIpc) is 2.74. The summed E-state index contributed by atoms with van der Waals surface area (Å²) in [5.41, 5.74) is 1.81. The quantitative estimate of drug-likeness (QED) is 0.742. The van der Waals surface area contributed by atoms with E-state index in [0.29, 0.717) is 37.1 Å². The number of likely N-dealkylation sites (tertiary alicyclic amines) is 1. The van der Waals surface area contributed by atoms with E-state index in [1.165, 1.54) is 10.6 Å². The van der Waals surface area contributed by atoms with E-state index in [-0.39, 0.29) is 29.0 Å². The molecule has 0 bridgehead atoms. The molecule has 1 fully saturated rings. The van der Waals surface area contributed by atoms with Crippen molar-refractivity contribution < 1.29 is 9.59 Å². The lowest BCUT2D eigenvalue weighted by molar-refractivity contribution is 0.0696. The number of nitrogens with one attached hydrogen (secondary N) is 1. The van der Waals surface area contributed by atoms with Crippen molar-refractivity contribution in [3.8, 4) is 0 Å². The monoisotopic (exact) mass is 390 g/mol. The summed E-state index contributed by atoms with van der Waals surface area (Å²) in [7, 11) is 0. The van der Waals surface area contributed by atoms with E-state index in [9.17, 15) is 14.4 Å². The highest BCUT2D eigenvalue weighted by Crippen LogP contribution is 2.14. The smallest absolute Gasteiger partial charge is 0.270 e. The van der Waals surface area contributed by atoms with Crippen LogP contribution in [0.1, 0.15) is 39.1 Å². The molecule has 1 aliphatic heterocycles. The van der Waals surface area contributed by atoms with Gasteiger partial charge in [-0.1, -0.05) is 24.3 Å². The summed E-state index contributed by atoms with van der Waals surface area (Å²) in [5.74, 6) is -0.408. The second kappa shape index (κ2) is 7.87. The molecule has 3 aromatic rings. The maximum atomic E-state index is 12.8. The molecular weight excluding hydrogens is 368 g/mol. The number of hydrogen-bond acceptors (Lipinski definition) is 4. The molecule has 1 saturated heterocycles. The van der Waals surface area contributed by atoms with Crippen LogP contribution in [0.5, 0.6) is 0 Å². The lowest BCUT2D eigenvalue weighted by Gasteiger charge is -2.32. The molecule has 1 N–H and O–H groups in total. The van der Waals surface area contributed by atoms with Crippen LogP contribution >= 0.6 is 0 Å². The van der Waals surface area contributed by atoms with Crippen LogP contribution < -0.4 is 10.9 Å². The summed E-state index contributed by atoms with van der Waals surface area (Å²) in [4.78, 5) is 43.8.